The Kier molecular flexibility index (Phi) is 2.78. The number of rotatable bonds is 4. The minimum atomic E-state index is -0.00564. The van der Waals surface area contributed by atoms with Crippen molar-refractivity contribution in [2.24, 2.45) is 5.92 Å². The lowest BCUT2D eigenvalue weighted by Crippen LogP contribution is -2.12. The first kappa shape index (κ1) is 10.6. The molecule has 1 N–H and O–H groups in total. The number of aliphatic hydroxyl groups is 1. The molecule has 4 heteroatoms. The van der Waals surface area contributed by atoms with Gasteiger partial charge in [-0.25, -0.2) is 0 Å². The van der Waals surface area contributed by atoms with Gasteiger partial charge < -0.3 is 9.67 Å². The molecule has 1 aromatic rings. The molecule has 0 radical (unpaired) electrons. The van der Waals surface area contributed by atoms with E-state index in [4.69, 9.17) is 0 Å². The van der Waals surface area contributed by atoms with E-state index in [1.807, 2.05) is 0 Å². The lowest BCUT2D eigenvalue weighted by atomic mass is 9.97. The Morgan fingerprint density at radius 2 is 2.00 bits per heavy atom. The van der Waals surface area contributed by atoms with Gasteiger partial charge in [-0.2, -0.15) is 0 Å². The van der Waals surface area contributed by atoms with E-state index in [-0.39, 0.29) is 6.61 Å². The first-order chi connectivity index (χ1) is 7.15. The van der Waals surface area contributed by atoms with E-state index in [1.54, 1.807) is 0 Å². The molecule has 0 spiro atoms. The van der Waals surface area contributed by atoms with Crippen molar-refractivity contribution in [3.63, 3.8) is 0 Å². The Balaban J connectivity index is 2.33. The Morgan fingerprint density at radius 1 is 1.33 bits per heavy atom. The molecule has 0 amide bonds. The van der Waals surface area contributed by atoms with Gasteiger partial charge in [-0.05, 0) is 18.8 Å². The van der Waals surface area contributed by atoms with Gasteiger partial charge in [-0.1, -0.05) is 20.8 Å². The van der Waals surface area contributed by atoms with Crippen LogP contribution in [0.1, 0.15) is 57.2 Å². The van der Waals surface area contributed by atoms with E-state index in [0.717, 1.165) is 11.6 Å². The van der Waals surface area contributed by atoms with Crippen LogP contribution in [0.15, 0.2) is 0 Å². The molecule has 1 saturated carbocycles. The Labute approximate surface area is 90.3 Å². The van der Waals surface area contributed by atoms with Gasteiger partial charge in [0.2, 0.25) is 0 Å². The highest BCUT2D eigenvalue weighted by molar-refractivity contribution is 5.06. The third-order valence-corrected chi connectivity index (χ3v) is 3.25. The van der Waals surface area contributed by atoms with Crippen molar-refractivity contribution in [1.29, 1.82) is 0 Å². The van der Waals surface area contributed by atoms with Crippen LogP contribution in [0.2, 0.25) is 0 Å². The van der Waals surface area contributed by atoms with Crippen LogP contribution in [0.3, 0.4) is 0 Å². The first-order valence-corrected chi connectivity index (χ1v) is 5.69. The smallest absolute Gasteiger partial charge is 0.159 e. The summed E-state index contributed by atoms with van der Waals surface area (Å²) in [6.45, 7) is 6.55. The van der Waals surface area contributed by atoms with Crippen molar-refractivity contribution < 1.29 is 5.11 Å². The average molecular weight is 209 g/mol. The molecule has 84 valence electrons. The van der Waals surface area contributed by atoms with Crippen molar-refractivity contribution in [2.45, 2.75) is 52.2 Å². The van der Waals surface area contributed by atoms with Crippen LogP contribution in [0, 0.1) is 5.92 Å². The Hall–Kier alpha value is -0.900. The summed E-state index contributed by atoms with van der Waals surface area (Å²) in [6.07, 6.45) is 2.39. The quantitative estimate of drug-likeness (QED) is 0.823. The molecule has 0 aliphatic heterocycles. The summed E-state index contributed by atoms with van der Waals surface area (Å²) in [6, 6.07) is 0.540. The third-order valence-electron chi connectivity index (χ3n) is 3.25. The lowest BCUT2D eigenvalue weighted by molar-refractivity contribution is 0.263. The maximum atomic E-state index is 9.21. The van der Waals surface area contributed by atoms with E-state index in [2.05, 4.69) is 35.5 Å². The third kappa shape index (κ3) is 1.91. The number of hydrogen-bond donors (Lipinski definition) is 1. The van der Waals surface area contributed by atoms with Crippen LogP contribution < -0.4 is 0 Å². The molecule has 1 aliphatic carbocycles. The molecule has 15 heavy (non-hydrogen) atoms. The fraction of sp³-hybridized carbons (Fsp3) is 0.818. The second-order valence-electron chi connectivity index (χ2n) is 4.77. The molecule has 0 saturated heterocycles. The van der Waals surface area contributed by atoms with E-state index in [0.29, 0.717) is 17.9 Å². The van der Waals surface area contributed by atoms with Crippen molar-refractivity contribution in [1.82, 2.24) is 14.8 Å². The van der Waals surface area contributed by atoms with Gasteiger partial charge >= 0.3 is 0 Å². The fourth-order valence-corrected chi connectivity index (χ4v) is 1.78. The summed E-state index contributed by atoms with van der Waals surface area (Å²) < 4.78 is 2.14. The van der Waals surface area contributed by atoms with Gasteiger partial charge in [-0.3, -0.25) is 0 Å². The zero-order chi connectivity index (χ0) is 11.0. The largest absolute Gasteiger partial charge is 0.388 e. The topological polar surface area (TPSA) is 50.9 Å². The molecule has 1 aliphatic rings. The molecule has 0 bridgehead atoms. The Bertz CT molecular complexity index is 342. The minimum absolute atomic E-state index is 0.00564. The molecule has 4 nitrogen and oxygen atoms in total. The maximum absolute atomic E-state index is 9.21. The van der Waals surface area contributed by atoms with Gasteiger partial charge in [-0.15, -0.1) is 10.2 Å². The van der Waals surface area contributed by atoms with Crippen molar-refractivity contribution in [2.75, 3.05) is 0 Å². The fourth-order valence-electron chi connectivity index (χ4n) is 1.78. The monoisotopic (exact) mass is 209 g/mol. The first-order valence-electron chi connectivity index (χ1n) is 5.69. The number of nitrogens with zero attached hydrogens (tertiary/aromatic N) is 3. The van der Waals surface area contributed by atoms with Crippen LogP contribution in [0.4, 0.5) is 0 Å². The lowest BCUT2D eigenvalue weighted by Gasteiger charge is -2.16. The molecule has 1 atom stereocenters. The minimum Gasteiger partial charge on any atom is -0.388 e. The van der Waals surface area contributed by atoms with Gasteiger partial charge in [0.25, 0.3) is 0 Å². The summed E-state index contributed by atoms with van der Waals surface area (Å²) in [7, 11) is 0. The van der Waals surface area contributed by atoms with Gasteiger partial charge in [0.05, 0.1) is 0 Å². The average Bonchev–Trinajstić information content (AvgIpc) is 2.96. The van der Waals surface area contributed by atoms with E-state index < -0.39 is 0 Å². The van der Waals surface area contributed by atoms with E-state index >= 15 is 0 Å². The van der Waals surface area contributed by atoms with E-state index in [9.17, 15) is 5.11 Å². The Morgan fingerprint density at radius 3 is 2.47 bits per heavy atom. The number of aliphatic hydroxyl groups excluding tert-OH is 1. The zero-order valence-electron chi connectivity index (χ0n) is 9.64. The molecule has 1 heterocycles. The highest BCUT2D eigenvalue weighted by atomic mass is 16.3. The van der Waals surface area contributed by atoms with Crippen LogP contribution in [0.25, 0.3) is 0 Å². The van der Waals surface area contributed by atoms with Crippen LogP contribution in [-0.4, -0.2) is 19.9 Å². The summed E-state index contributed by atoms with van der Waals surface area (Å²) in [5.41, 5.74) is 0. The van der Waals surface area contributed by atoms with E-state index in [1.165, 1.54) is 12.8 Å². The molecule has 1 fully saturated rings. The van der Waals surface area contributed by atoms with Crippen molar-refractivity contribution in [3.05, 3.63) is 11.6 Å². The summed E-state index contributed by atoms with van der Waals surface area (Å²) in [5, 5.41) is 17.5. The number of aromatic nitrogens is 3. The second kappa shape index (κ2) is 3.93. The van der Waals surface area contributed by atoms with Crippen molar-refractivity contribution >= 4 is 0 Å². The summed E-state index contributed by atoms with van der Waals surface area (Å²) >= 11 is 0. The predicted molar refractivity (Wildman–Crippen MR) is 57.5 cm³/mol. The molecule has 1 unspecified atom stereocenters. The SMILES string of the molecule is CC(C)C(C)c1nnc(CO)n1C1CC1. The standard InChI is InChI=1S/C11H19N3O/c1-7(2)8(3)11-13-12-10(6-15)14(11)9-4-5-9/h7-9,15H,4-6H2,1-3H3. The molecule has 1 aromatic heterocycles. The molecular weight excluding hydrogens is 190 g/mol. The molecular formula is C11H19N3O. The van der Waals surface area contributed by atoms with Crippen molar-refractivity contribution in [3.8, 4) is 0 Å². The second-order valence-corrected chi connectivity index (χ2v) is 4.77. The predicted octanol–water partition coefficient (Wildman–Crippen LogP) is 1.86. The highest BCUT2D eigenvalue weighted by Gasteiger charge is 2.31. The van der Waals surface area contributed by atoms with Gasteiger partial charge in [0.15, 0.2) is 5.82 Å². The summed E-state index contributed by atoms with van der Waals surface area (Å²) in [5.74, 6) is 2.72. The normalized spacial score (nSPS) is 18.5. The van der Waals surface area contributed by atoms with Crippen LogP contribution in [-0.2, 0) is 6.61 Å². The van der Waals surface area contributed by atoms with Gasteiger partial charge in [0, 0.05) is 12.0 Å². The van der Waals surface area contributed by atoms with Gasteiger partial charge in [0.1, 0.15) is 12.4 Å². The number of hydrogen-bond acceptors (Lipinski definition) is 3. The zero-order valence-corrected chi connectivity index (χ0v) is 9.64. The van der Waals surface area contributed by atoms with Crippen LogP contribution >= 0.6 is 0 Å². The molecule has 0 aromatic carbocycles. The maximum Gasteiger partial charge on any atom is 0.159 e. The van der Waals surface area contributed by atoms with Crippen LogP contribution in [0.5, 0.6) is 0 Å². The highest BCUT2D eigenvalue weighted by Crippen LogP contribution is 2.38. The summed E-state index contributed by atoms with van der Waals surface area (Å²) in [4.78, 5) is 0. The molecule has 2 rings (SSSR count).